The molecule has 138 valence electrons. The summed E-state index contributed by atoms with van der Waals surface area (Å²) in [5.41, 5.74) is 1.02. The first-order chi connectivity index (χ1) is 13.0. The Morgan fingerprint density at radius 3 is 2.15 bits per heavy atom. The second kappa shape index (κ2) is 7.91. The molecule has 5 nitrogen and oxygen atoms in total. The van der Waals surface area contributed by atoms with Gasteiger partial charge in [0.05, 0.1) is 7.11 Å². The van der Waals surface area contributed by atoms with Crippen LogP contribution in [0.15, 0.2) is 66.7 Å². The fraction of sp³-hybridized carbons (Fsp3) is 0.182. The monoisotopic (exact) mass is 363 g/mol. The van der Waals surface area contributed by atoms with Crippen LogP contribution in [-0.2, 0) is 9.53 Å². The number of hydrogen-bond acceptors (Lipinski definition) is 4. The van der Waals surface area contributed by atoms with Gasteiger partial charge in [-0.15, -0.1) is 0 Å². The molecule has 1 atom stereocenters. The van der Waals surface area contributed by atoms with Crippen LogP contribution in [0.25, 0.3) is 10.8 Å². The van der Waals surface area contributed by atoms with Gasteiger partial charge in [0, 0.05) is 12.7 Å². The lowest BCUT2D eigenvalue weighted by Gasteiger charge is -2.22. The predicted octanol–water partition coefficient (Wildman–Crippen LogP) is 4.06. The van der Waals surface area contributed by atoms with E-state index < -0.39 is 12.1 Å². The molecule has 0 unspecified atom stereocenters. The normalized spacial score (nSPS) is 11.7. The van der Waals surface area contributed by atoms with Crippen molar-refractivity contribution < 1.29 is 19.1 Å². The van der Waals surface area contributed by atoms with Crippen molar-refractivity contribution in [2.45, 2.75) is 13.0 Å². The average molecular weight is 363 g/mol. The van der Waals surface area contributed by atoms with Gasteiger partial charge in [0.2, 0.25) is 0 Å². The molecule has 0 saturated carbocycles. The van der Waals surface area contributed by atoms with Crippen molar-refractivity contribution in [1.29, 1.82) is 0 Å². The SMILES string of the molecule is COc1cc2ccccc2cc1C(=O)O[C@@H](C)C(=O)N(C)c1ccccc1. The highest BCUT2D eigenvalue weighted by atomic mass is 16.5. The molecule has 27 heavy (non-hydrogen) atoms. The number of likely N-dealkylation sites (N-methyl/N-ethyl adjacent to an activating group) is 1. The van der Waals surface area contributed by atoms with Crippen LogP contribution < -0.4 is 9.64 Å². The molecule has 5 heteroatoms. The fourth-order valence-electron chi connectivity index (χ4n) is 2.87. The summed E-state index contributed by atoms with van der Waals surface area (Å²) in [5, 5.41) is 1.85. The second-order valence-electron chi connectivity index (χ2n) is 6.18. The van der Waals surface area contributed by atoms with Gasteiger partial charge in [0.15, 0.2) is 6.10 Å². The molecule has 0 aromatic heterocycles. The fourth-order valence-corrected chi connectivity index (χ4v) is 2.87. The van der Waals surface area contributed by atoms with Crippen molar-refractivity contribution in [1.82, 2.24) is 0 Å². The standard InChI is InChI=1S/C22H21NO4/c1-15(21(24)23(2)18-11-5-4-6-12-18)27-22(25)19-13-16-9-7-8-10-17(16)14-20(19)26-3/h4-15H,1-3H3/t15-/m0/s1. The van der Waals surface area contributed by atoms with E-state index in [1.807, 2.05) is 54.6 Å². The zero-order valence-corrected chi connectivity index (χ0v) is 15.5. The zero-order chi connectivity index (χ0) is 19.4. The van der Waals surface area contributed by atoms with E-state index in [2.05, 4.69) is 0 Å². The lowest BCUT2D eigenvalue weighted by Crippen LogP contribution is -2.37. The van der Waals surface area contributed by atoms with E-state index in [0.29, 0.717) is 11.3 Å². The Labute approximate surface area is 158 Å². The maximum Gasteiger partial charge on any atom is 0.342 e. The molecule has 0 fully saturated rings. The highest BCUT2D eigenvalue weighted by Crippen LogP contribution is 2.27. The first-order valence-corrected chi connectivity index (χ1v) is 8.61. The van der Waals surface area contributed by atoms with Gasteiger partial charge in [-0.25, -0.2) is 4.79 Å². The van der Waals surface area contributed by atoms with Crippen LogP contribution in [0.4, 0.5) is 5.69 Å². The van der Waals surface area contributed by atoms with Crippen molar-refractivity contribution >= 4 is 28.3 Å². The van der Waals surface area contributed by atoms with Gasteiger partial charge >= 0.3 is 5.97 Å². The summed E-state index contributed by atoms with van der Waals surface area (Å²) < 4.78 is 10.8. The molecule has 1 amide bonds. The van der Waals surface area contributed by atoms with Crippen molar-refractivity contribution in [3.8, 4) is 5.75 Å². The summed E-state index contributed by atoms with van der Waals surface area (Å²) in [6.07, 6.45) is -0.932. The highest BCUT2D eigenvalue weighted by molar-refractivity contribution is 6.01. The predicted molar refractivity (Wildman–Crippen MR) is 105 cm³/mol. The average Bonchev–Trinajstić information content (AvgIpc) is 2.72. The molecule has 0 saturated heterocycles. The van der Waals surface area contributed by atoms with Crippen molar-refractivity contribution in [2.24, 2.45) is 0 Å². The molecule has 0 bridgehead atoms. The Balaban J connectivity index is 1.80. The molecule has 0 aliphatic rings. The smallest absolute Gasteiger partial charge is 0.342 e. The summed E-state index contributed by atoms with van der Waals surface area (Å²) in [7, 11) is 3.15. The number of methoxy groups -OCH3 is 1. The zero-order valence-electron chi connectivity index (χ0n) is 15.5. The van der Waals surface area contributed by atoms with Gasteiger partial charge in [0.25, 0.3) is 5.91 Å². The van der Waals surface area contributed by atoms with Gasteiger partial charge in [-0.1, -0.05) is 42.5 Å². The Morgan fingerprint density at radius 2 is 1.52 bits per heavy atom. The summed E-state index contributed by atoms with van der Waals surface area (Å²) in [4.78, 5) is 26.7. The van der Waals surface area contributed by atoms with Crippen molar-refractivity contribution in [3.05, 3.63) is 72.3 Å². The molecule has 0 aliphatic heterocycles. The minimum Gasteiger partial charge on any atom is -0.496 e. The maximum absolute atomic E-state index is 12.7. The van der Waals surface area contributed by atoms with Crippen LogP contribution >= 0.6 is 0 Å². The summed E-state index contributed by atoms with van der Waals surface area (Å²) in [6.45, 7) is 1.56. The molecular weight excluding hydrogens is 342 g/mol. The number of fused-ring (bicyclic) bond motifs is 1. The number of amides is 1. The second-order valence-corrected chi connectivity index (χ2v) is 6.18. The van der Waals surface area contributed by atoms with E-state index in [-0.39, 0.29) is 5.91 Å². The molecular formula is C22H21NO4. The van der Waals surface area contributed by atoms with Crippen molar-refractivity contribution in [3.63, 3.8) is 0 Å². The molecule has 0 spiro atoms. The highest BCUT2D eigenvalue weighted by Gasteiger charge is 2.24. The number of anilines is 1. The Morgan fingerprint density at radius 1 is 0.926 bits per heavy atom. The van der Waals surface area contributed by atoms with Crippen LogP contribution in [0.5, 0.6) is 5.75 Å². The summed E-state index contributed by atoms with van der Waals surface area (Å²) in [6, 6.07) is 20.4. The number of hydrogen-bond donors (Lipinski definition) is 0. The van der Waals surface area contributed by atoms with Gasteiger partial charge < -0.3 is 14.4 Å². The molecule has 3 aromatic carbocycles. The van der Waals surface area contributed by atoms with E-state index in [4.69, 9.17) is 9.47 Å². The number of nitrogens with zero attached hydrogens (tertiary/aromatic N) is 1. The van der Waals surface area contributed by atoms with Crippen LogP contribution in [-0.4, -0.2) is 32.1 Å². The first-order valence-electron chi connectivity index (χ1n) is 8.61. The number of para-hydroxylation sites is 1. The maximum atomic E-state index is 12.7. The van der Waals surface area contributed by atoms with E-state index in [9.17, 15) is 9.59 Å². The van der Waals surface area contributed by atoms with E-state index >= 15 is 0 Å². The first kappa shape index (κ1) is 18.5. The molecule has 0 heterocycles. The number of ether oxygens (including phenoxy) is 2. The van der Waals surface area contributed by atoms with Crippen molar-refractivity contribution in [2.75, 3.05) is 19.1 Å². The number of benzene rings is 3. The third-order valence-corrected chi connectivity index (χ3v) is 4.39. The van der Waals surface area contributed by atoms with Crippen LogP contribution in [0.3, 0.4) is 0 Å². The Bertz CT molecular complexity index is 968. The number of rotatable bonds is 5. The van der Waals surface area contributed by atoms with Gasteiger partial charge in [-0.05, 0) is 42.0 Å². The molecule has 0 aliphatic carbocycles. The van der Waals surface area contributed by atoms with E-state index in [1.54, 1.807) is 26.1 Å². The van der Waals surface area contributed by atoms with Crippen LogP contribution in [0, 0.1) is 0 Å². The minimum absolute atomic E-state index is 0.290. The van der Waals surface area contributed by atoms with E-state index in [1.165, 1.54) is 12.0 Å². The topological polar surface area (TPSA) is 55.8 Å². The molecule has 3 rings (SSSR count). The summed E-state index contributed by atoms with van der Waals surface area (Å²) in [5.74, 6) is -0.496. The van der Waals surface area contributed by atoms with Gasteiger partial charge in [-0.2, -0.15) is 0 Å². The van der Waals surface area contributed by atoms with Crippen LogP contribution in [0.1, 0.15) is 17.3 Å². The molecule has 0 N–H and O–H groups in total. The van der Waals surface area contributed by atoms with E-state index in [0.717, 1.165) is 16.5 Å². The van der Waals surface area contributed by atoms with Crippen LogP contribution in [0.2, 0.25) is 0 Å². The third-order valence-electron chi connectivity index (χ3n) is 4.39. The molecule has 0 radical (unpaired) electrons. The van der Waals surface area contributed by atoms with Gasteiger partial charge in [0.1, 0.15) is 11.3 Å². The quantitative estimate of drug-likeness (QED) is 0.642. The van der Waals surface area contributed by atoms with Gasteiger partial charge in [-0.3, -0.25) is 4.79 Å². The molecule has 3 aromatic rings. The lowest BCUT2D eigenvalue weighted by molar-refractivity contribution is -0.126. The largest absolute Gasteiger partial charge is 0.496 e. The number of carbonyl (C=O) groups is 2. The summed E-state index contributed by atoms with van der Waals surface area (Å²) >= 11 is 0. The number of esters is 1. The lowest BCUT2D eigenvalue weighted by atomic mass is 10.1. The Kier molecular flexibility index (Phi) is 5.41. The minimum atomic E-state index is -0.932. The Hall–Kier alpha value is -3.34. The number of carbonyl (C=O) groups excluding carboxylic acids is 2. The third kappa shape index (κ3) is 3.92.